The zero-order chi connectivity index (χ0) is 9.64. The van der Waals surface area contributed by atoms with Gasteiger partial charge >= 0.3 is 0 Å². The summed E-state index contributed by atoms with van der Waals surface area (Å²) < 4.78 is 5.27. The summed E-state index contributed by atoms with van der Waals surface area (Å²) in [5.41, 5.74) is 0. The molecule has 1 N–H and O–H groups in total. The predicted molar refractivity (Wildman–Crippen MR) is 57.2 cm³/mol. The van der Waals surface area contributed by atoms with Gasteiger partial charge in [-0.2, -0.15) is 0 Å². The molecule has 2 rings (SSSR count). The lowest BCUT2D eigenvalue weighted by molar-refractivity contribution is 0.466. The van der Waals surface area contributed by atoms with Gasteiger partial charge < -0.3 is 9.73 Å². The molecule has 1 aliphatic carbocycles. The van der Waals surface area contributed by atoms with Gasteiger partial charge in [-0.15, -0.1) is 0 Å². The largest absolute Gasteiger partial charge is 0.469 e. The third kappa shape index (κ3) is 2.88. The Morgan fingerprint density at radius 2 is 2.21 bits per heavy atom. The highest BCUT2D eigenvalue weighted by Gasteiger charge is 2.13. The van der Waals surface area contributed by atoms with Crippen LogP contribution in [-0.2, 0) is 6.42 Å². The van der Waals surface area contributed by atoms with Crippen LogP contribution in [0.5, 0.6) is 0 Å². The molecule has 14 heavy (non-hydrogen) atoms. The Morgan fingerprint density at radius 3 is 2.93 bits per heavy atom. The first kappa shape index (κ1) is 9.78. The summed E-state index contributed by atoms with van der Waals surface area (Å²) in [6.07, 6.45) is 8.47. The summed E-state index contributed by atoms with van der Waals surface area (Å²) in [6, 6.07) is 3.99. The van der Waals surface area contributed by atoms with Crippen molar-refractivity contribution in [2.75, 3.05) is 13.1 Å². The monoisotopic (exact) mass is 193 g/mol. The summed E-state index contributed by atoms with van der Waals surface area (Å²) in [5, 5.41) is 3.51. The average molecular weight is 193 g/mol. The van der Waals surface area contributed by atoms with Crippen LogP contribution in [0.15, 0.2) is 22.8 Å². The van der Waals surface area contributed by atoms with Crippen molar-refractivity contribution in [1.82, 2.24) is 5.32 Å². The Kier molecular flexibility index (Phi) is 3.64. The predicted octanol–water partition coefficient (Wildman–Crippen LogP) is 2.60. The van der Waals surface area contributed by atoms with Gasteiger partial charge in [0.2, 0.25) is 0 Å². The van der Waals surface area contributed by atoms with Crippen molar-refractivity contribution in [2.45, 2.75) is 32.1 Å². The number of furan rings is 1. The summed E-state index contributed by atoms with van der Waals surface area (Å²) in [7, 11) is 0. The quantitative estimate of drug-likeness (QED) is 0.727. The van der Waals surface area contributed by atoms with Gasteiger partial charge in [0.25, 0.3) is 0 Å². The van der Waals surface area contributed by atoms with Crippen LogP contribution in [0.1, 0.15) is 31.4 Å². The maximum Gasteiger partial charge on any atom is 0.105 e. The van der Waals surface area contributed by atoms with Crippen LogP contribution in [0.3, 0.4) is 0 Å². The molecule has 0 bridgehead atoms. The molecule has 2 nitrogen and oxygen atoms in total. The fourth-order valence-corrected chi connectivity index (χ4v) is 2.19. The van der Waals surface area contributed by atoms with Crippen LogP contribution in [0.25, 0.3) is 0 Å². The molecule has 1 aliphatic rings. The molecule has 0 radical (unpaired) electrons. The number of hydrogen-bond donors (Lipinski definition) is 1. The lowest BCUT2D eigenvalue weighted by Gasteiger charge is -2.09. The first-order valence-electron chi connectivity index (χ1n) is 5.68. The minimum Gasteiger partial charge on any atom is -0.469 e. The number of nitrogens with one attached hydrogen (secondary N) is 1. The molecule has 2 heteroatoms. The van der Waals surface area contributed by atoms with Gasteiger partial charge in [0.05, 0.1) is 6.26 Å². The van der Waals surface area contributed by atoms with Gasteiger partial charge in [-0.05, 0) is 37.4 Å². The van der Waals surface area contributed by atoms with E-state index < -0.39 is 0 Å². The summed E-state index contributed by atoms with van der Waals surface area (Å²) in [6.45, 7) is 2.24. The Bertz CT molecular complexity index is 237. The van der Waals surface area contributed by atoms with Crippen molar-refractivity contribution in [3.63, 3.8) is 0 Å². The second-order valence-corrected chi connectivity index (χ2v) is 4.18. The Morgan fingerprint density at radius 1 is 1.36 bits per heavy atom. The van der Waals surface area contributed by atoms with Crippen LogP contribution in [0, 0.1) is 5.92 Å². The Balaban J connectivity index is 1.55. The zero-order valence-electron chi connectivity index (χ0n) is 8.67. The molecule has 1 saturated carbocycles. The second-order valence-electron chi connectivity index (χ2n) is 4.18. The molecule has 0 aliphatic heterocycles. The summed E-state index contributed by atoms with van der Waals surface area (Å²) in [4.78, 5) is 0. The van der Waals surface area contributed by atoms with Crippen LogP contribution in [0.4, 0.5) is 0 Å². The molecule has 0 atom stereocenters. The SMILES string of the molecule is c1coc(CCNCC2CCCC2)c1. The van der Waals surface area contributed by atoms with E-state index >= 15 is 0 Å². The van der Waals surface area contributed by atoms with Gasteiger partial charge in [0, 0.05) is 13.0 Å². The fraction of sp³-hybridized carbons (Fsp3) is 0.667. The molecule has 1 aromatic rings. The maximum atomic E-state index is 5.27. The van der Waals surface area contributed by atoms with Crippen molar-refractivity contribution in [1.29, 1.82) is 0 Å². The molecule has 0 unspecified atom stereocenters. The number of hydrogen-bond acceptors (Lipinski definition) is 2. The highest BCUT2D eigenvalue weighted by atomic mass is 16.3. The van der Waals surface area contributed by atoms with Crippen molar-refractivity contribution < 1.29 is 4.42 Å². The Hall–Kier alpha value is -0.760. The van der Waals surface area contributed by atoms with E-state index in [1.807, 2.05) is 12.1 Å². The molecule has 78 valence electrons. The molecule has 1 fully saturated rings. The number of rotatable bonds is 5. The minimum absolute atomic E-state index is 0.937. The summed E-state index contributed by atoms with van der Waals surface area (Å²) >= 11 is 0. The lowest BCUT2D eigenvalue weighted by Crippen LogP contribution is -2.23. The molecular weight excluding hydrogens is 174 g/mol. The van der Waals surface area contributed by atoms with Crippen LogP contribution in [-0.4, -0.2) is 13.1 Å². The molecule has 1 heterocycles. The van der Waals surface area contributed by atoms with E-state index in [2.05, 4.69) is 5.32 Å². The zero-order valence-corrected chi connectivity index (χ0v) is 8.67. The topological polar surface area (TPSA) is 25.2 Å². The first-order valence-corrected chi connectivity index (χ1v) is 5.68. The highest BCUT2D eigenvalue weighted by molar-refractivity contribution is 4.98. The molecule has 0 saturated heterocycles. The van der Waals surface area contributed by atoms with Crippen LogP contribution < -0.4 is 5.32 Å². The maximum absolute atomic E-state index is 5.27. The fourth-order valence-electron chi connectivity index (χ4n) is 2.19. The van der Waals surface area contributed by atoms with E-state index in [-0.39, 0.29) is 0 Å². The van der Waals surface area contributed by atoms with Gasteiger partial charge in [0.15, 0.2) is 0 Å². The van der Waals surface area contributed by atoms with Crippen molar-refractivity contribution in [2.24, 2.45) is 5.92 Å². The smallest absolute Gasteiger partial charge is 0.105 e. The van der Waals surface area contributed by atoms with Gasteiger partial charge in [-0.1, -0.05) is 12.8 Å². The van der Waals surface area contributed by atoms with Gasteiger partial charge in [-0.3, -0.25) is 0 Å². The summed E-state index contributed by atoms with van der Waals surface area (Å²) in [5.74, 6) is 2.02. The van der Waals surface area contributed by atoms with Crippen LogP contribution in [0.2, 0.25) is 0 Å². The van der Waals surface area contributed by atoms with Gasteiger partial charge in [0.1, 0.15) is 5.76 Å². The third-order valence-electron chi connectivity index (χ3n) is 3.04. The lowest BCUT2D eigenvalue weighted by atomic mass is 10.1. The van der Waals surface area contributed by atoms with E-state index in [0.29, 0.717) is 0 Å². The third-order valence-corrected chi connectivity index (χ3v) is 3.04. The van der Waals surface area contributed by atoms with E-state index in [4.69, 9.17) is 4.42 Å². The highest BCUT2D eigenvalue weighted by Crippen LogP contribution is 2.23. The van der Waals surface area contributed by atoms with Crippen molar-refractivity contribution >= 4 is 0 Å². The molecule has 0 amide bonds. The average Bonchev–Trinajstić information content (AvgIpc) is 2.86. The van der Waals surface area contributed by atoms with E-state index in [0.717, 1.165) is 24.6 Å². The Labute approximate surface area is 85.7 Å². The minimum atomic E-state index is 0.937. The second kappa shape index (κ2) is 5.20. The van der Waals surface area contributed by atoms with Crippen molar-refractivity contribution in [3.8, 4) is 0 Å². The van der Waals surface area contributed by atoms with Crippen LogP contribution >= 0.6 is 0 Å². The molecule has 0 spiro atoms. The van der Waals surface area contributed by atoms with Crippen molar-refractivity contribution in [3.05, 3.63) is 24.2 Å². The normalized spacial score (nSPS) is 17.7. The van der Waals surface area contributed by atoms with E-state index in [9.17, 15) is 0 Å². The molecule has 0 aromatic carbocycles. The first-order chi connectivity index (χ1) is 6.95. The van der Waals surface area contributed by atoms with Gasteiger partial charge in [-0.25, -0.2) is 0 Å². The van der Waals surface area contributed by atoms with E-state index in [1.54, 1.807) is 6.26 Å². The molecule has 1 aromatic heterocycles. The molecular formula is C12H19NO. The standard InChI is InChI=1S/C12H19NO/c1-2-5-11(4-1)10-13-8-7-12-6-3-9-14-12/h3,6,9,11,13H,1-2,4-5,7-8,10H2. The van der Waals surface area contributed by atoms with E-state index in [1.165, 1.54) is 32.2 Å².